The van der Waals surface area contributed by atoms with E-state index in [0.717, 1.165) is 25.7 Å². The van der Waals surface area contributed by atoms with Crippen molar-refractivity contribution in [3.63, 3.8) is 0 Å². The van der Waals surface area contributed by atoms with Gasteiger partial charge in [-0.05, 0) is 25.0 Å². The Morgan fingerprint density at radius 3 is 2.50 bits per heavy atom. The standard InChI is InChI=1S/C11H18N4O2S/c12-10-6-5-7-13-11(10)14-18(16,17)15-8-3-1-2-4-9-15/h5-7H,1-4,8-9,12H2,(H,13,14). The summed E-state index contributed by atoms with van der Waals surface area (Å²) in [6.45, 7) is 1.12. The van der Waals surface area contributed by atoms with Crippen LogP contribution in [0.1, 0.15) is 25.7 Å². The average Bonchev–Trinajstić information content (AvgIpc) is 2.61. The Kier molecular flexibility index (Phi) is 4.03. The molecule has 1 saturated heterocycles. The fourth-order valence-electron chi connectivity index (χ4n) is 1.97. The fraction of sp³-hybridized carbons (Fsp3) is 0.545. The summed E-state index contributed by atoms with van der Waals surface area (Å²) in [6, 6.07) is 3.28. The minimum absolute atomic E-state index is 0.196. The lowest BCUT2D eigenvalue weighted by Gasteiger charge is -2.20. The highest BCUT2D eigenvalue weighted by molar-refractivity contribution is 7.90. The summed E-state index contributed by atoms with van der Waals surface area (Å²) in [4.78, 5) is 3.94. The van der Waals surface area contributed by atoms with Crippen molar-refractivity contribution in [2.45, 2.75) is 25.7 Å². The highest BCUT2D eigenvalue weighted by atomic mass is 32.2. The normalized spacial score (nSPS) is 18.2. The van der Waals surface area contributed by atoms with Gasteiger partial charge in [0.25, 0.3) is 0 Å². The van der Waals surface area contributed by atoms with Gasteiger partial charge in [-0.25, -0.2) is 4.98 Å². The molecule has 1 aliphatic rings. The zero-order valence-corrected chi connectivity index (χ0v) is 11.0. The zero-order chi connectivity index (χ0) is 13.0. The van der Waals surface area contributed by atoms with Gasteiger partial charge in [0, 0.05) is 19.3 Å². The van der Waals surface area contributed by atoms with E-state index in [4.69, 9.17) is 5.73 Å². The van der Waals surface area contributed by atoms with Gasteiger partial charge in [0.05, 0.1) is 5.69 Å². The highest BCUT2D eigenvalue weighted by Crippen LogP contribution is 2.18. The van der Waals surface area contributed by atoms with Gasteiger partial charge in [0.2, 0.25) is 0 Å². The van der Waals surface area contributed by atoms with Crippen LogP contribution in [0.4, 0.5) is 11.5 Å². The third-order valence-corrected chi connectivity index (χ3v) is 4.47. The maximum Gasteiger partial charge on any atom is 0.302 e. The molecule has 100 valence electrons. The third-order valence-electron chi connectivity index (χ3n) is 2.97. The van der Waals surface area contributed by atoms with E-state index in [9.17, 15) is 8.42 Å². The summed E-state index contributed by atoms with van der Waals surface area (Å²) >= 11 is 0. The van der Waals surface area contributed by atoms with Crippen molar-refractivity contribution in [2.75, 3.05) is 23.5 Å². The Hall–Kier alpha value is -1.34. The number of nitrogens with one attached hydrogen (secondary N) is 1. The quantitative estimate of drug-likeness (QED) is 0.863. The Morgan fingerprint density at radius 2 is 1.89 bits per heavy atom. The van der Waals surface area contributed by atoms with Crippen LogP contribution in [0, 0.1) is 0 Å². The van der Waals surface area contributed by atoms with Crippen LogP contribution < -0.4 is 10.5 Å². The van der Waals surface area contributed by atoms with Crippen LogP contribution in [-0.4, -0.2) is 30.8 Å². The molecule has 0 spiro atoms. The lowest BCUT2D eigenvalue weighted by molar-refractivity contribution is 0.427. The number of aromatic nitrogens is 1. The predicted octanol–water partition coefficient (Wildman–Crippen LogP) is 1.20. The van der Waals surface area contributed by atoms with Crippen molar-refractivity contribution in [2.24, 2.45) is 0 Å². The van der Waals surface area contributed by atoms with Gasteiger partial charge in [-0.3, -0.25) is 4.72 Å². The van der Waals surface area contributed by atoms with Crippen molar-refractivity contribution in [1.29, 1.82) is 0 Å². The van der Waals surface area contributed by atoms with E-state index in [1.54, 1.807) is 12.1 Å². The highest BCUT2D eigenvalue weighted by Gasteiger charge is 2.23. The Balaban J connectivity index is 2.13. The smallest absolute Gasteiger partial charge is 0.302 e. The third kappa shape index (κ3) is 3.11. The topological polar surface area (TPSA) is 88.3 Å². The second kappa shape index (κ2) is 5.53. The van der Waals surface area contributed by atoms with Gasteiger partial charge in [-0.1, -0.05) is 12.8 Å². The second-order valence-corrected chi connectivity index (χ2v) is 6.03. The molecule has 7 heteroatoms. The fourth-order valence-corrected chi connectivity index (χ4v) is 3.25. The maximum atomic E-state index is 12.2. The summed E-state index contributed by atoms with van der Waals surface area (Å²) in [5.41, 5.74) is 6.01. The van der Waals surface area contributed by atoms with Gasteiger partial charge < -0.3 is 5.73 Å². The van der Waals surface area contributed by atoms with E-state index < -0.39 is 10.2 Å². The number of nitrogens with two attached hydrogens (primary N) is 1. The van der Waals surface area contributed by atoms with E-state index >= 15 is 0 Å². The molecule has 2 rings (SSSR count). The van der Waals surface area contributed by atoms with Gasteiger partial charge in [-0.15, -0.1) is 0 Å². The molecule has 0 aliphatic carbocycles. The number of rotatable bonds is 3. The first-order valence-corrected chi connectivity index (χ1v) is 7.52. The Morgan fingerprint density at radius 1 is 1.22 bits per heavy atom. The molecule has 0 unspecified atom stereocenters. The van der Waals surface area contributed by atoms with Crippen LogP contribution in [0.15, 0.2) is 18.3 Å². The second-order valence-electron chi connectivity index (χ2n) is 4.36. The molecule has 1 aliphatic heterocycles. The van der Waals surface area contributed by atoms with Crippen molar-refractivity contribution in [3.05, 3.63) is 18.3 Å². The summed E-state index contributed by atoms with van der Waals surface area (Å²) in [5, 5.41) is 0. The van der Waals surface area contributed by atoms with Crippen LogP contribution >= 0.6 is 0 Å². The number of hydrogen-bond acceptors (Lipinski definition) is 4. The predicted molar refractivity (Wildman–Crippen MR) is 71.2 cm³/mol. The Labute approximate surface area is 107 Å². The number of pyridine rings is 1. The van der Waals surface area contributed by atoms with Gasteiger partial charge in [0.1, 0.15) is 0 Å². The van der Waals surface area contributed by atoms with Crippen molar-refractivity contribution >= 4 is 21.7 Å². The molecule has 1 fully saturated rings. The molecule has 0 amide bonds. The average molecular weight is 270 g/mol. The zero-order valence-electron chi connectivity index (χ0n) is 10.2. The van der Waals surface area contributed by atoms with Crippen LogP contribution in [-0.2, 0) is 10.2 Å². The largest absolute Gasteiger partial charge is 0.396 e. The van der Waals surface area contributed by atoms with E-state index in [1.165, 1.54) is 10.5 Å². The molecule has 1 aromatic heterocycles. The lowest BCUT2D eigenvalue weighted by Crippen LogP contribution is -2.36. The van der Waals surface area contributed by atoms with E-state index in [0.29, 0.717) is 18.8 Å². The number of nitrogens with zero attached hydrogens (tertiary/aromatic N) is 2. The van der Waals surface area contributed by atoms with Crippen molar-refractivity contribution < 1.29 is 8.42 Å². The molecule has 2 heterocycles. The van der Waals surface area contributed by atoms with Crippen molar-refractivity contribution in [3.8, 4) is 0 Å². The molecular weight excluding hydrogens is 252 g/mol. The summed E-state index contributed by atoms with van der Waals surface area (Å²) in [7, 11) is -3.54. The minimum Gasteiger partial charge on any atom is -0.396 e. The first kappa shape index (κ1) is 13.1. The first-order chi connectivity index (χ1) is 8.59. The van der Waals surface area contributed by atoms with Crippen LogP contribution in [0.25, 0.3) is 0 Å². The van der Waals surface area contributed by atoms with Crippen LogP contribution in [0.5, 0.6) is 0 Å². The lowest BCUT2D eigenvalue weighted by atomic mass is 10.2. The molecule has 0 radical (unpaired) electrons. The summed E-state index contributed by atoms with van der Waals surface area (Å²) in [6.07, 6.45) is 5.48. The molecule has 1 aromatic rings. The van der Waals surface area contributed by atoms with Crippen LogP contribution in [0.3, 0.4) is 0 Å². The SMILES string of the molecule is Nc1cccnc1NS(=O)(=O)N1CCCCCC1. The van der Waals surface area contributed by atoms with Crippen molar-refractivity contribution in [1.82, 2.24) is 9.29 Å². The monoisotopic (exact) mass is 270 g/mol. The van der Waals surface area contributed by atoms with Gasteiger partial charge in [-0.2, -0.15) is 12.7 Å². The molecule has 18 heavy (non-hydrogen) atoms. The summed E-state index contributed by atoms with van der Waals surface area (Å²) in [5.74, 6) is 0.196. The number of nitrogen functional groups attached to an aromatic ring is 1. The first-order valence-electron chi connectivity index (χ1n) is 6.08. The number of hydrogen-bond donors (Lipinski definition) is 2. The molecule has 0 bridgehead atoms. The van der Waals surface area contributed by atoms with E-state index in [-0.39, 0.29) is 5.82 Å². The minimum atomic E-state index is -3.54. The molecule has 0 aromatic carbocycles. The Bertz CT molecular complexity index is 496. The molecular formula is C11H18N4O2S. The number of anilines is 2. The molecule has 0 saturated carbocycles. The maximum absolute atomic E-state index is 12.2. The van der Waals surface area contributed by atoms with Gasteiger partial charge in [0.15, 0.2) is 5.82 Å². The van der Waals surface area contributed by atoms with E-state index in [2.05, 4.69) is 9.71 Å². The van der Waals surface area contributed by atoms with Gasteiger partial charge >= 0.3 is 10.2 Å². The molecule has 0 atom stereocenters. The van der Waals surface area contributed by atoms with Crippen LogP contribution in [0.2, 0.25) is 0 Å². The summed E-state index contributed by atoms with van der Waals surface area (Å²) < 4.78 is 28.3. The molecule has 6 nitrogen and oxygen atoms in total. The molecule has 3 N–H and O–H groups in total. The van der Waals surface area contributed by atoms with E-state index in [1.807, 2.05) is 0 Å².